The largest absolute Gasteiger partial charge is 0.327 e. The van der Waals surface area contributed by atoms with Crippen molar-refractivity contribution >= 4 is 29.3 Å². The molecule has 0 spiro atoms. The maximum absolute atomic E-state index is 12.0. The number of nitrogens with zero attached hydrogens (tertiary/aromatic N) is 1. The van der Waals surface area contributed by atoms with Crippen LogP contribution in [-0.4, -0.2) is 36.1 Å². The summed E-state index contributed by atoms with van der Waals surface area (Å²) in [4.78, 5) is 26.3. The number of carbonyl (C=O) groups is 2. The molecule has 0 heterocycles. The SMILES string of the molecule is C=CCN(CC=C)C(=O)C(=O)Nc1cccc(SC)c1. The molecule has 0 saturated heterocycles. The lowest BCUT2D eigenvalue weighted by Crippen LogP contribution is -2.39. The highest BCUT2D eigenvalue weighted by Crippen LogP contribution is 2.18. The van der Waals surface area contributed by atoms with Crippen molar-refractivity contribution in [3.63, 3.8) is 0 Å². The molecule has 0 unspecified atom stereocenters. The number of hydrogen-bond donors (Lipinski definition) is 1. The number of thioether (sulfide) groups is 1. The number of benzene rings is 1. The third kappa shape index (κ3) is 4.59. The fourth-order valence-electron chi connectivity index (χ4n) is 1.58. The number of nitrogens with one attached hydrogen (secondary N) is 1. The van der Waals surface area contributed by atoms with Gasteiger partial charge in [0, 0.05) is 23.7 Å². The Bertz CT molecular complexity index is 504. The highest BCUT2D eigenvalue weighted by Gasteiger charge is 2.20. The molecule has 106 valence electrons. The molecule has 0 bridgehead atoms. The van der Waals surface area contributed by atoms with Crippen LogP contribution < -0.4 is 5.32 Å². The van der Waals surface area contributed by atoms with Gasteiger partial charge in [0.1, 0.15) is 0 Å². The zero-order chi connectivity index (χ0) is 15.0. The lowest BCUT2D eigenvalue weighted by molar-refractivity contribution is -0.142. The van der Waals surface area contributed by atoms with Crippen LogP contribution in [0, 0.1) is 0 Å². The molecule has 2 amide bonds. The number of anilines is 1. The minimum absolute atomic E-state index is 0.309. The van der Waals surface area contributed by atoms with Crippen molar-refractivity contribution in [2.45, 2.75) is 4.90 Å². The zero-order valence-corrected chi connectivity index (χ0v) is 12.3. The van der Waals surface area contributed by atoms with Crippen LogP contribution >= 0.6 is 11.8 Å². The number of carbonyl (C=O) groups excluding carboxylic acids is 2. The standard InChI is InChI=1S/C15H18N2O2S/c1-4-9-17(10-5-2)15(19)14(18)16-12-7-6-8-13(11-12)20-3/h4-8,11H,1-2,9-10H2,3H3,(H,16,18). The summed E-state index contributed by atoms with van der Waals surface area (Å²) in [6.45, 7) is 7.75. The third-order valence-corrected chi connectivity index (χ3v) is 3.23. The van der Waals surface area contributed by atoms with E-state index in [-0.39, 0.29) is 0 Å². The van der Waals surface area contributed by atoms with Gasteiger partial charge in [-0.3, -0.25) is 9.59 Å². The Hall–Kier alpha value is -2.01. The molecule has 0 aliphatic carbocycles. The Morgan fingerprint density at radius 1 is 1.30 bits per heavy atom. The van der Waals surface area contributed by atoms with Gasteiger partial charge in [-0.1, -0.05) is 18.2 Å². The van der Waals surface area contributed by atoms with Gasteiger partial charge in [0.25, 0.3) is 0 Å². The normalized spacial score (nSPS) is 9.65. The highest BCUT2D eigenvalue weighted by molar-refractivity contribution is 7.98. The summed E-state index contributed by atoms with van der Waals surface area (Å²) in [5.74, 6) is -1.26. The molecule has 0 aliphatic rings. The van der Waals surface area contributed by atoms with Gasteiger partial charge in [-0.15, -0.1) is 24.9 Å². The summed E-state index contributed by atoms with van der Waals surface area (Å²) < 4.78 is 0. The Kier molecular flexibility index (Phi) is 6.59. The first kappa shape index (κ1) is 16.0. The van der Waals surface area contributed by atoms with Crippen molar-refractivity contribution in [3.8, 4) is 0 Å². The van der Waals surface area contributed by atoms with Crippen LogP contribution in [0.15, 0.2) is 54.5 Å². The minimum Gasteiger partial charge on any atom is -0.327 e. The highest BCUT2D eigenvalue weighted by atomic mass is 32.2. The van der Waals surface area contributed by atoms with Gasteiger partial charge >= 0.3 is 11.8 Å². The molecule has 5 heteroatoms. The molecule has 0 radical (unpaired) electrons. The minimum atomic E-state index is -0.660. The van der Waals surface area contributed by atoms with E-state index in [1.54, 1.807) is 30.0 Å². The maximum Gasteiger partial charge on any atom is 0.313 e. The monoisotopic (exact) mass is 290 g/mol. The lowest BCUT2D eigenvalue weighted by Gasteiger charge is -2.18. The van der Waals surface area contributed by atoms with E-state index in [1.807, 2.05) is 24.5 Å². The van der Waals surface area contributed by atoms with E-state index in [9.17, 15) is 9.59 Å². The smallest absolute Gasteiger partial charge is 0.313 e. The molecule has 1 aromatic rings. The second kappa shape index (κ2) is 8.22. The summed E-state index contributed by atoms with van der Waals surface area (Å²) in [6.07, 6.45) is 5.09. The molecule has 0 fully saturated rings. The molecule has 20 heavy (non-hydrogen) atoms. The van der Waals surface area contributed by atoms with Gasteiger partial charge in [0.15, 0.2) is 0 Å². The number of amides is 2. The molecular formula is C15H18N2O2S. The maximum atomic E-state index is 12.0. The van der Waals surface area contributed by atoms with Gasteiger partial charge in [-0.25, -0.2) is 0 Å². The molecule has 0 saturated carbocycles. The van der Waals surface area contributed by atoms with Crippen molar-refractivity contribution in [1.82, 2.24) is 4.90 Å². The molecular weight excluding hydrogens is 272 g/mol. The lowest BCUT2D eigenvalue weighted by atomic mass is 10.3. The van der Waals surface area contributed by atoms with Gasteiger partial charge in [0.2, 0.25) is 0 Å². The number of rotatable bonds is 6. The van der Waals surface area contributed by atoms with Crippen LogP contribution in [0.3, 0.4) is 0 Å². The second-order valence-corrected chi connectivity index (χ2v) is 4.85. The molecule has 0 atom stereocenters. The van der Waals surface area contributed by atoms with Crippen LogP contribution in [0.2, 0.25) is 0 Å². The average molecular weight is 290 g/mol. The van der Waals surface area contributed by atoms with Crippen molar-refractivity contribution in [1.29, 1.82) is 0 Å². The van der Waals surface area contributed by atoms with E-state index in [1.165, 1.54) is 4.90 Å². The van der Waals surface area contributed by atoms with Crippen LogP contribution in [-0.2, 0) is 9.59 Å². The predicted octanol–water partition coefficient (Wildman–Crippen LogP) is 2.55. The van der Waals surface area contributed by atoms with Crippen molar-refractivity contribution in [3.05, 3.63) is 49.6 Å². The van der Waals surface area contributed by atoms with E-state index < -0.39 is 11.8 Å². The summed E-state index contributed by atoms with van der Waals surface area (Å²) >= 11 is 1.57. The molecule has 1 aromatic carbocycles. The molecule has 1 N–H and O–H groups in total. The summed E-state index contributed by atoms with van der Waals surface area (Å²) in [6, 6.07) is 7.33. The molecule has 0 aromatic heterocycles. The first-order chi connectivity index (χ1) is 9.62. The Balaban J connectivity index is 2.75. The van der Waals surface area contributed by atoms with Crippen molar-refractivity contribution in [2.24, 2.45) is 0 Å². The van der Waals surface area contributed by atoms with Gasteiger partial charge in [0.05, 0.1) is 0 Å². The van der Waals surface area contributed by atoms with Crippen LogP contribution in [0.5, 0.6) is 0 Å². The van der Waals surface area contributed by atoms with Crippen molar-refractivity contribution < 1.29 is 9.59 Å². The average Bonchev–Trinajstić information content (AvgIpc) is 2.46. The Labute approximate surface area is 123 Å². The van der Waals surface area contributed by atoms with Gasteiger partial charge in [-0.05, 0) is 24.5 Å². The first-order valence-corrected chi connectivity index (χ1v) is 7.31. The number of hydrogen-bond acceptors (Lipinski definition) is 3. The second-order valence-electron chi connectivity index (χ2n) is 3.97. The zero-order valence-electron chi connectivity index (χ0n) is 11.5. The topological polar surface area (TPSA) is 49.4 Å². The van der Waals surface area contributed by atoms with E-state index in [4.69, 9.17) is 0 Å². The van der Waals surface area contributed by atoms with Crippen LogP contribution in [0.1, 0.15) is 0 Å². The summed E-state index contributed by atoms with van der Waals surface area (Å²) in [5, 5.41) is 2.60. The van der Waals surface area contributed by atoms with Gasteiger partial charge in [-0.2, -0.15) is 0 Å². The van der Waals surface area contributed by atoms with E-state index in [2.05, 4.69) is 18.5 Å². The van der Waals surface area contributed by atoms with Crippen LogP contribution in [0.4, 0.5) is 5.69 Å². The quantitative estimate of drug-likeness (QED) is 0.497. The summed E-state index contributed by atoms with van der Waals surface area (Å²) in [5.41, 5.74) is 0.604. The third-order valence-electron chi connectivity index (χ3n) is 2.51. The Morgan fingerprint density at radius 2 is 1.95 bits per heavy atom. The fraction of sp³-hybridized carbons (Fsp3) is 0.200. The predicted molar refractivity (Wildman–Crippen MR) is 83.8 cm³/mol. The molecule has 0 aliphatic heterocycles. The van der Waals surface area contributed by atoms with E-state index in [0.717, 1.165) is 4.90 Å². The first-order valence-electron chi connectivity index (χ1n) is 6.08. The Morgan fingerprint density at radius 3 is 2.50 bits per heavy atom. The molecule has 4 nitrogen and oxygen atoms in total. The van der Waals surface area contributed by atoms with Crippen molar-refractivity contribution in [2.75, 3.05) is 24.7 Å². The van der Waals surface area contributed by atoms with Crippen LogP contribution in [0.25, 0.3) is 0 Å². The van der Waals surface area contributed by atoms with E-state index in [0.29, 0.717) is 18.8 Å². The van der Waals surface area contributed by atoms with Gasteiger partial charge < -0.3 is 10.2 Å². The fourth-order valence-corrected chi connectivity index (χ4v) is 2.04. The molecule has 1 rings (SSSR count). The summed E-state index contributed by atoms with van der Waals surface area (Å²) in [7, 11) is 0. The van der Waals surface area contributed by atoms with E-state index >= 15 is 0 Å².